The highest BCUT2D eigenvalue weighted by molar-refractivity contribution is 6.61. The molecule has 0 saturated heterocycles. The fraction of sp³-hybridized carbons (Fsp3) is 1.00. The molecule has 0 aliphatic carbocycles. The molecule has 0 unspecified atom stereocenters. The smallest absolute Gasteiger partial charge is 0.374 e. The Kier molecular flexibility index (Phi) is 11.1. The Labute approximate surface area is 141 Å². The average Bonchev–Trinajstić information content (AvgIpc) is 2.38. The van der Waals surface area contributed by atoms with Gasteiger partial charge in [-0.15, -0.1) is 0 Å². The van der Waals surface area contributed by atoms with Crippen LogP contribution in [0.2, 0.25) is 25.2 Å². The van der Waals surface area contributed by atoms with Crippen LogP contribution < -0.4 is 0 Å². The van der Waals surface area contributed by atoms with Gasteiger partial charge in [-0.1, -0.05) is 20.0 Å². The van der Waals surface area contributed by atoms with Crippen LogP contribution in [0.3, 0.4) is 0 Å². The average molecular weight is 350 g/mol. The van der Waals surface area contributed by atoms with Gasteiger partial charge in [0.2, 0.25) is 0 Å². The summed E-state index contributed by atoms with van der Waals surface area (Å²) in [5, 5.41) is 0. The third-order valence-corrected chi connectivity index (χ3v) is 8.09. The Balaban J connectivity index is 4.81. The van der Waals surface area contributed by atoms with Crippen molar-refractivity contribution in [3.8, 4) is 0 Å². The fourth-order valence-corrected chi connectivity index (χ4v) is 5.83. The maximum absolute atomic E-state index is 6.23. The largest absolute Gasteiger partial charge is 0.502 e. The minimum absolute atomic E-state index is 0.165. The summed E-state index contributed by atoms with van der Waals surface area (Å²) in [6.07, 6.45) is 0. The maximum atomic E-state index is 6.23. The molecule has 0 radical (unpaired) electrons. The second kappa shape index (κ2) is 10.9. The van der Waals surface area contributed by atoms with Gasteiger partial charge in [0.1, 0.15) is 0 Å². The standard InChI is InChI=1S/C16H39NO3Si2/c1-9-17(16(4,5)6)12-15-22(18-10-2,19-11-3)20-13-14-21(7)8/h21H,9-15H2,1-8H3. The van der Waals surface area contributed by atoms with E-state index in [1.165, 1.54) is 6.04 Å². The molecule has 0 N–H and O–H groups in total. The molecule has 0 rings (SSSR count). The minimum Gasteiger partial charge on any atom is -0.374 e. The van der Waals surface area contributed by atoms with Gasteiger partial charge >= 0.3 is 8.80 Å². The number of hydrogen-bond acceptors (Lipinski definition) is 4. The summed E-state index contributed by atoms with van der Waals surface area (Å²) >= 11 is 0. The van der Waals surface area contributed by atoms with E-state index in [1.54, 1.807) is 0 Å². The van der Waals surface area contributed by atoms with Crippen molar-refractivity contribution in [3.05, 3.63) is 0 Å². The first-order valence-corrected chi connectivity index (χ1v) is 13.9. The number of nitrogens with zero attached hydrogens (tertiary/aromatic N) is 1. The predicted octanol–water partition coefficient (Wildman–Crippen LogP) is 3.62. The number of rotatable bonds is 12. The lowest BCUT2D eigenvalue weighted by atomic mass is 10.1. The third-order valence-electron chi connectivity index (χ3n) is 3.76. The predicted molar refractivity (Wildman–Crippen MR) is 100 cm³/mol. The minimum atomic E-state index is -2.54. The van der Waals surface area contributed by atoms with Crippen molar-refractivity contribution in [1.82, 2.24) is 4.90 Å². The van der Waals surface area contributed by atoms with Crippen LogP contribution in [-0.4, -0.2) is 61.0 Å². The van der Waals surface area contributed by atoms with E-state index in [1.807, 2.05) is 13.8 Å². The molecule has 22 heavy (non-hydrogen) atoms. The number of hydrogen-bond donors (Lipinski definition) is 0. The molecule has 0 aliphatic heterocycles. The molecule has 134 valence electrons. The van der Waals surface area contributed by atoms with Crippen molar-refractivity contribution in [2.24, 2.45) is 0 Å². The van der Waals surface area contributed by atoms with E-state index < -0.39 is 17.6 Å². The third kappa shape index (κ3) is 8.79. The van der Waals surface area contributed by atoms with Crippen molar-refractivity contribution >= 4 is 17.6 Å². The SMILES string of the molecule is CCO[Si](CCN(CC)C(C)(C)C)(OCC)OCC[SiH](C)C. The molecule has 0 aromatic carbocycles. The van der Waals surface area contributed by atoms with Gasteiger partial charge in [0.15, 0.2) is 0 Å². The Bertz CT molecular complexity index is 277. The molecule has 4 nitrogen and oxygen atoms in total. The first kappa shape index (κ1) is 22.3. The van der Waals surface area contributed by atoms with Gasteiger partial charge in [-0.2, -0.15) is 0 Å². The highest BCUT2D eigenvalue weighted by atomic mass is 28.4. The van der Waals surface area contributed by atoms with Crippen LogP contribution in [0.25, 0.3) is 0 Å². The zero-order chi connectivity index (χ0) is 17.2. The van der Waals surface area contributed by atoms with Crippen LogP contribution in [0.1, 0.15) is 41.5 Å². The van der Waals surface area contributed by atoms with Gasteiger partial charge in [0.05, 0.1) is 0 Å². The molecular formula is C16H39NO3Si2. The first-order valence-electron chi connectivity index (χ1n) is 8.87. The van der Waals surface area contributed by atoms with Gasteiger partial charge in [-0.3, -0.25) is 4.90 Å². The molecule has 0 heterocycles. The lowest BCUT2D eigenvalue weighted by molar-refractivity contribution is 0.0629. The van der Waals surface area contributed by atoms with E-state index in [0.717, 1.165) is 25.7 Å². The Hall–Kier alpha value is 0.274. The molecule has 0 aromatic heterocycles. The van der Waals surface area contributed by atoms with Crippen molar-refractivity contribution in [3.63, 3.8) is 0 Å². The van der Waals surface area contributed by atoms with Crippen LogP contribution in [0.5, 0.6) is 0 Å². The van der Waals surface area contributed by atoms with Crippen LogP contribution in [-0.2, 0) is 13.3 Å². The molecule has 0 bridgehead atoms. The highest BCUT2D eigenvalue weighted by Gasteiger charge is 2.41. The van der Waals surface area contributed by atoms with E-state index in [-0.39, 0.29) is 5.54 Å². The zero-order valence-corrected chi connectivity index (χ0v) is 18.4. The lowest BCUT2D eigenvalue weighted by Gasteiger charge is -2.37. The van der Waals surface area contributed by atoms with E-state index in [4.69, 9.17) is 13.3 Å². The summed E-state index contributed by atoms with van der Waals surface area (Å²) in [5.74, 6) is 0. The Morgan fingerprint density at radius 2 is 1.50 bits per heavy atom. The van der Waals surface area contributed by atoms with Crippen molar-refractivity contribution < 1.29 is 13.3 Å². The molecule has 0 spiro atoms. The second-order valence-corrected chi connectivity index (χ2v) is 13.2. The first-order chi connectivity index (χ1) is 10.2. The van der Waals surface area contributed by atoms with Crippen molar-refractivity contribution in [2.45, 2.75) is 72.3 Å². The molecule has 0 aliphatic rings. The van der Waals surface area contributed by atoms with Crippen LogP contribution in [0.15, 0.2) is 0 Å². The van der Waals surface area contributed by atoms with Crippen LogP contribution in [0, 0.1) is 0 Å². The fourth-order valence-electron chi connectivity index (χ4n) is 2.47. The molecule has 6 heteroatoms. The summed E-state index contributed by atoms with van der Waals surface area (Å²) < 4.78 is 18.3. The zero-order valence-electron chi connectivity index (χ0n) is 16.2. The summed E-state index contributed by atoms with van der Waals surface area (Å²) in [6, 6.07) is 2.06. The topological polar surface area (TPSA) is 30.9 Å². The van der Waals surface area contributed by atoms with Crippen LogP contribution in [0.4, 0.5) is 0 Å². The Morgan fingerprint density at radius 3 is 1.86 bits per heavy atom. The quantitative estimate of drug-likeness (QED) is 0.504. The van der Waals surface area contributed by atoms with Gasteiger partial charge in [-0.25, -0.2) is 0 Å². The monoisotopic (exact) mass is 349 g/mol. The van der Waals surface area contributed by atoms with E-state index in [9.17, 15) is 0 Å². The molecule has 0 amide bonds. The summed E-state index contributed by atoms with van der Waals surface area (Å²) in [4.78, 5) is 2.47. The normalized spacial score (nSPS) is 13.4. The van der Waals surface area contributed by atoms with E-state index in [0.29, 0.717) is 13.2 Å². The second-order valence-electron chi connectivity index (χ2n) is 7.08. The summed E-state index contributed by atoms with van der Waals surface area (Å²) in [7, 11) is -3.14. The maximum Gasteiger partial charge on any atom is 0.502 e. The van der Waals surface area contributed by atoms with Gasteiger partial charge in [0.25, 0.3) is 0 Å². The lowest BCUT2D eigenvalue weighted by Crippen LogP contribution is -2.51. The molecule has 0 saturated carbocycles. The van der Waals surface area contributed by atoms with E-state index in [2.05, 4.69) is 45.7 Å². The van der Waals surface area contributed by atoms with Crippen molar-refractivity contribution in [2.75, 3.05) is 32.9 Å². The van der Waals surface area contributed by atoms with E-state index >= 15 is 0 Å². The molecule has 0 atom stereocenters. The molecular weight excluding hydrogens is 310 g/mol. The van der Waals surface area contributed by atoms with Gasteiger partial charge in [-0.05, 0) is 47.2 Å². The van der Waals surface area contributed by atoms with Gasteiger partial charge < -0.3 is 13.3 Å². The summed E-state index contributed by atoms with van der Waals surface area (Å²) in [5.41, 5.74) is 0.165. The molecule has 0 aromatic rings. The summed E-state index contributed by atoms with van der Waals surface area (Å²) in [6.45, 7) is 21.9. The highest BCUT2D eigenvalue weighted by Crippen LogP contribution is 2.21. The van der Waals surface area contributed by atoms with Crippen molar-refractivity contribution in [1.29, 1.82) is 0 Å². The van der Waals surface area contributed by atoms with Crippen LogP contribution >= 0.6 is 0 Å². The molecule has 0 fully saturated rings. The Morgan fingerprint density at radius 1 is 0.955 bits per heavy atom. The van der Waals surface area contributed by atoms with Gasteiger partial charge in [0, 0.05) is 46.7 Å².